The first-order chi connectivity index (χ1) is 11.9. The number of aryl methyl sites for hydroxylation is 3. The van der Waals surface area contributed by atoms with E-state index in [4.69, 9.17) is 0 Å². The number of tetrazole rings is 1. The molecule has 1 N–H and O–H groups in total. The zero-order valence-corrected chi connectivity index (χ0v) is 14.8. The summed E-state index contributed by atoms with van der Waals surface area (Å²) in [6, 6.07) is 9.26. The monoisotopic (exact) mass is 339 g/mol. The van der Waals surface area contributed by atoms with Crippen molar-refractivity contribution in [2.75, 3.05) is 6.54 Å². The molecular weight excluding hydrogens is 318 g/mol. The van der Waals surface area contributed by atoms with Crippen LogP contribution in [0.15, 0.2) is 30.3 Å². The highest BCUT2D eigenvalue weighted by Gasteiger charge is 2.12. The molecule has 2 heterocycles. The molecule has 1 amide bonds. The molecule has 0 unspecified atom stereocenters. The highest BCUT2D eigenvalue weighted by atomic mass is 16.1. The van der Waals surface area contributed by atoms with Gasteiger partial charge >= 0.3 is 0 Å². The number of carbonyl (C=O) groups excluding carboxylic acids is 1. The van der Waals surface area contributed by atoms with Gasteiger partial charge in [0.25, 0.3) is 5.91 Å². The molecule has 0 saturated carbocycles. The summed E-state index contributed by atoms with van der Waals surface area (Å²) in [5.74, 6) is 0.416. The lowest BCUT2D eigenvalue weighted by Crippen LogP contribution is -2.30. The lowest BCUT2D eigenvalue weighted by atomic mass is 10.1. The summed E-state index contributed by atoms with van der Waals surface area (Å²) in [4.78, 5) is 13.7. The summed E-state index contributed by atoms with van der Waals surface area (Å²) in [7, 11) is 1.71. The van der Waals surface area contributed by atoms with Crippen molar-refractivity contribution in [1.82, 2.24) is 35.3 Å². The summed E-state index contributed by atoms with van der Waals surface area (Å²) in [5, 5.41) is 19.3. The summed E-state index contributed by atoms with van der Waals surface area (Å²) < 4.78 is 1.93. The maximum Gasteiger partial charge on any atom is 0.251 e. The molecule has 0 aliphatic rings. The van der Waals surface area contributed by atoms with Gasteiger partial charge in [-0.15, -0.1) is 10.2 Å². The second-order valence-electron chi connectivity index (χ2n) is 6.11. The third-order valence-corrected chi connectivity index (χ3v) is 3.93. The number of nitrogens with one attached hydrogen (secondary N) is 1. The Morgan fingerprint density at radius 1 is 1.20 bits per heavy atom. The van der Waals surface area contributed by atoms with Crippen LogP contribution in [-0.4, -0.2) is 42.4 Å². The number of amides is 1. The van der Waals surface area contributed by atoms with Gasteiger partial charge < -0.3 is 5.32 Å². The fraction of sp³-hybridized carbons (Fsp3) is 0.353. The van der Waals surface area contributed by atoms with Crippen LogP contribution in [-0.2, 0) is 7.05 Å². The van der Waals surface area contributed by atoms with Gasteiger partial charge in [-0.1, -0.05) is 12.1 Å². The predicted octanol–water partition coefficient (Wildman–Crippen LogP) is 1.68. The number of rotatable bonds is 5. The number of benzene rings is 1. The highest BCUT2D eigenvalue weighted by Crippen LogP contribution is 2.15. The lowest BCUT2D eigenvalue weighted by molar-refractivity contribution is 0.0947. The largest absolute Gasteiger partial charge is 0.350 e. The van der Waals surface area contributed by atoms with E-state index in [1.165, 1.54) is 4.80 Å². The van der Waals surface area contributed by atoms with Gasteiger partial charge in [0.15, 0.2) is 0 Å². The number of hydrogen-bond acceptors (Lipinski definition) is 5. The second kappa shape index (κ2) is 6.84. The van der Waals surface area contributed by atoms with E-state index in [9.17, 15) is 4.79 Å². The zero-order chi connectivity index (χ0) is 18.0. The molecule has 0 bridgehead atoms. The number of aromatic nitrogens is 6. The minimum absolute atomic E-state index is 0.0840. The van der Waals surface area contributed by atoms with E-state index in [2.05, 4.69) is 25.8 Å². The summed E-state index contributed by atoms with van der Waals surface area (Å²) in [6.45, 7) is 6.51. The van der Waals surface area contributed by atoms with E-state index in [0.717, 1.165) is 17.0 Å². The Labute approximate surface area is 145 Å². The highest BCUT2D eigenvalue weighted by molar-refractivity contribution is 5.94. The maximum atomic E-state index is 12.3. The van der Waals surface area contributed by atoms with Crippen molar-refractivity contribution in [2.24, 2.45) is 7.05 Å². The van der Waals surface area contributed by atoms with Crippen LogP contribution >= 0.6 is 0 Å². The fourth-order valence-electron chi connectivity index (χ4n) is 2.69. The zero-order valence-electron chi connectivity index (χ0n) is 14.8. The number of hydrogen-bond donors (Lipinski definition) is 1. The van der Waals surface area contributed by atoms with Gasteiger partial charge in [0.05, 0.1) is 18.8 Å². The van der Waals surface area contributed by atoms with Crippen molar-refractivity contribution < 1.29 is 4.79 Å². The van der Waals surface area contributed by atoms with E-state index in [0.29, 0.717) is 17.9 Å². The van der Waals surface area contributed by atoms with Crippen LogP contribution in [0.2, 0.25) is 0 Å². The Morgan fingerprint density at radius 2 is 1.92 bits per heavy atom. The van der Waals surface area contributed by atoms with Crippen molar-refractivity contribution in [3.05, 3.63) is 47.3 Å². The molecule has 2 aromatic heterocycles. The van der Waals surface area contributed by atoms with Crippen LogP contribution in [0.3, 0.4) is 0 Å². The topological polar surface area (TPSA) is 90.5 Å². The molecule has 0 spiro atoms. The number of nitrogens with zero attached hydrogens (tertiary/aromatic N) is 6. The fourth-order valence-corrected chi connectivity index (χ4v) is 2.69. The first kappa shape index (κ1) is 16.8. The Hall–Kier alpha value is -3.03. The van der Waals surface area contributed by atoms with Gasteiger partial charge in [0, 0.05) is 23.4 Å². The van der Waals surface area contributed by atoms with Crippen LogP contribution in [0.4, 0.5) is 0 Å². The summed E-state index contributed by atoms with van der Waals surface area (Å²) in [5.41, 5.74) is 3.47. The van der Waals surface area contributed by atoms with E-state index in [1.54, 1.807) is 19.2 Å². The smallest absolute Gasteiger partial charge is 0.251 e. The molecule has 0 fully saturated rings. The predicted molar refractivity (Wildman–Crippen MR) is 93.0 cm³/mol. The van der Waals surface area contributed by atoms with E-state index in [1.807, 2.05) is 43.7 Å². The first-order valence-electron chi connectivity index (χ1n) is 8.09. The molecule has 1 aromatic carbocycles. The van der Waals surface area contributed by atoms with Crippen LogP contribution in [0.1, 0.15) is 34.7 Å². The Kier molecular flexibility index (Phi) is 4.60. The molecular formula is C17H21N7O. The van der Waals surface area contributed by atoms with E-state index in [-0.39, 0.29) is 11.9 Å². The van der Waals surface area contributed by atoms with Gasteiger partial charge in [-0.25, -0.2) is 0 Å². The normalized spacial score (nSPS) is 12.2. The van der Waals surface area contributed by atoms with Gasteiger partial charge in [0.2, 0.25) is 5.82 Å². The van der Waals surface area contributed by atoms with Crippen molar-refractivity contribution >= 4 is 5.91 Å². The summed E-state index contributed by atoms with van der Waals surface area (Å²) in [6.07, 6.45) is 0. The van der Waals surface area contributed by atoms with Gasteiger partial charge in [-0.2, -0.15) is 9.90 Å². The Morgan fingerprint density at radius 3 is 2.48 bits per heavy atom. The molecule has 0 aliphatic heterocycles. The molecule has 0 aliphatic carbocycles. The molecule has 0 radical (unpaired) electrons. The van der Waals surface area contributed by atoms with Gasteiger partial charge in [-0.3, -0.25) is 9.48 Å². The van der Waals surface area contributed by atoms with Crippen LogP contribution < -0.4 is 5.32 Å². The van der Waals surface area contributed by atoms with Crippen molar-refractivity contribution in [2.45, 2.75) is 26.8 Å². The molecule has 130 valence electrons. The third kappa shape index (κ3) is 3.73. The average molecular weight is 339 g/mol. The van der Waals surface area contributed by atoms with E-state index < -0.39 is 0 Å². The second-order valence-corrected chi connectivity index (χ2v) is 6.11. The van der Waals surface area contributed by atoms with Crippen LogP contribution in [0.5, 0.6) is 0 Å². The first-order valence-corrected chi connectivity index (χ1v) is 8.09. The minimum atomic E-state index is -0.118. The molecule has 0 saturated heterocycles. The quantitative estimate of drug-likeness (QED) is 0.764. The molecule has 1 atom stereocenters. The van der Waals surface area contributed by atoms with Crippen molar-refractivity contribution in [3.8, 4) is 11.4 Å². The molecule has 8 nitrogen and oxygen atoms in total. The summed E-state index contributed by atoms with van der Waals surface area (Å²) >= 11 is 0. The van der Waals surface area contributed by atoms with Gasteiger partial charge in [-0.05, 0) is 44.2 Å². The standard InChI is InChI=1S/C17H21N7O/c1-11-9-12(2)24(20-11)13(3)10-18-17(25)15-7-5-14(6-8-15)16-19-22-23(4)21-16/h5-9,13H,10H2,1-4H3,(H,18,25)/t13-/m0/s1. The van der Waals surface area contributed by atoms with Crippen molar-refractivity contribution in [3.63, 3.8) is 0 Å². The van der Waals surface area contributed by atoms with Crippen molar-refractivity contribution in [1.29, 1.82) is 0 Å². The molecule has 3 aromatic rings. The Balaban J connectivity index is 1.62. The van der Waals surface area contributed by atoms with E-state index >= 15 is 0 Å². The van der Waals surface area contributed by atoms with Gasteiger partial charge in [0.1, 0.15) is 0 Å². The van der Waals surface area contributed by atoms with Crippen LogP contribution in [0.25, 0.3) is 11.4 Å². The molecule has 3 rings (SSSR count). The number of carbonyl (C=O) groups is 1. The molecule has 8 heteroatoms. The maximum absolute atomic E-state index is 12.3. The SMILES string of the molecule is Cc1cc(C)n([C@@H](C)CNC(=O)c2ccc(-c3nnn(C)n3)cc2)n1. The molecule has 25 heavy (non-hydrogen) atoms. The lowest BCUT2D eigenvalue weighted by Gasteiger charge is -2.15. The Bertz CT molecular complexity index is 879. The third-order valence-electron chi connectivity index (χ3n) is 3.93. The van der Waals surface area contributed by atoms with Crippen LogP contribution in [0, 0.1) is 13.8 Å². The average Bonchev–Trinajstić information content (AvgIpc) is 3.17. The minimum Gasteiger partial charge on any atom is -0.350 e.